The van der Waals surface area contributed by atoms with Crippen molar-refractivity contribution in [1.29, 1.82) is 0 Å². The molecule has 1 aromatic carbocycles. The molecule has 2 aromatic rings. The highest BCUT2D eigenvalue weighted by atomic mass is 35.5. The van der Waals surface area contributed by atoms with E-state index in [0.29, 0.717) is 12.2 Å². The van der Waals surface area contributed by atoms with E-state index in [1.165, 1.54) is 5.57 Å². The van der Waals surface area contributed by atoms with Crippen molar-refractivity contribution in [3.8, 4) is 5.69 Å². The standard InChI is InChI=1S/C17H21N5O.ClH/c1-13-16(20-21-22(13)15-5-3-2-4-6-15)11-17(23)19-12-14-7-9-18-10-8-14;/h2-7,18H,8-12H2,1H3,(H,19,23);1H. The molecular weight excluding hydrogens is 326 g/mol. The number of nitrogens with zero attached hydrogens (tertiary/aromatic N) is 3. The van der Waals surface area contributed by atoms with Crippen molar-refractivity contribution in [3.05, 3.63) is 53.4 Å². The van der Waals surface area contributed by atoms with Gasteiger partial charge in [0.1, 0.15) is 0 Å². The lowest BCUT2D eigenvalue weighted by Crippen LogP contribution is -2.30. The van der Waals surface area contributed by atoms with Crippen LogP contribution in [-0.2, 0) is 11.2 Å². The Hall–Kier alpha value is -2.18. The van der Waals surface area contributed by atoms with Crippen LogP contribution in [0.15, 0.2) is 42.0 Å². The summed E-state index contributed by atoms with van der Waals surface area (Å²) in [5.74, 6) is -0.0207. The zero-order chi connectivity index (χ0) is 16.1. The summed E-state index contributed by atoms with van der Waals surface area (Å²) in [6, 6.07) is 9.80. The van der Waals surface area contributed by atoms with Gasteiger partial charge in [-0.1, -0.05) is 35.1 Å². The molecule has 2 N–H and O–H groups in total. The Morgan fingerprint density at radius 1 is 1.33 bits per heavy atom. The summed E-state index contributed by atoms with van der Waals surface area (Å²) < 4.78 is 1.76. The highest BCUT2D eigenvalue weighted by Gasteiger charge is 2.14. The number of nitrogens with one attached hydrogen (secondary N) is 2. The van der Waals surface area contributed by atoms with E-state index in [-0.39, 0.29) is 24.7 Å². The molecular formula is C17H22ClN5O. The molecule has 3 rings (SSSR count). The number of benzene rings is 1. The van der Waals surface area contributed by atoms with Gasteiger partial charge in [0, 0.05) is 13.1 Å². The van der Waals surface area contributed by atoms with E-state index in [1.807, 2.05) is 37.3 Å². The van der Waals surface area contributed by atoms with E-state index in [4.69, 9.17) is 0 Å². The molecule has 1 aliphatic rings. The monoisotopic (exact) mass is 347 g/mol. The number of hydrogen-bond donors (Lipinski definition) is 2. The van der Waals surface area contributed by atoms with Gasteiger partial charge in [0.25, 0.3) is 0 Å². The van der Waals surface area contributed by atoms with Gasteiger partial charge in [0.2, 0.25) is 5.91 Å². The molecule has 0 aliphatic carbocycles. The summed E-state index contributed by atoms with van der Waals surface area (Å²) in [6.07, 6.45) is 3.38. The van der Waals surface area contributed by atoms with Crippen LogP contribution in [0.1, 0.15) is 17.8 Å². The van der Waals surface area contributed by atoms with Gasteiger partial charge in [-0.2, -0.15) is 0 Å². The maximum atomic E-state index is 12.1. The lowest BCUT2D eigenvalue weighted by molar-refractivity contribution is -0.120. The quantitative estimate of drug-likeness (QED) is 0.805. The smallest absolute Gasteiger partial charge is 0.226 e. The molecule has 0 fully saturated rings. The SMILES string of the molecule is Cc1c(CC(=O)NCC2=CCNCC2)nnn1-c1ccccc1.Cl. The third kappa shape index (κ3) is 4.43. The van der Waals surface area contributed by atoms with Crippen molar-refractivity contribution in [2.24, 2.45) is 0 Å². The molecule has 1 amide bonds. The van der Waals surface area contributed by atoms with E-state index >= 15 is 0 Å². The highest BCUT2D eigenvalue weighted by Crippen LogP contribution is 2.12. The van der Waals surface area contributed by atoms with E-state index in [2.05, 4.69) is 27.0 Å². The fourth-order valence-corrected chi connectivity index (χ4v) is 2.59. The molecule has 0 radical (unpaired) electrons. The molecule has 6 nitrogen and oxygen atoms in total. The Labute approximate surface area is 147 Å². The van der Waals surface area contributed by atoms with E-state index < -0.39 is 0 Å². The minimum Gasteiger partial charge on any atom is -0.352 e. The summed E-state index contributed by atoms with van der Waals surface area (Å²) in [6.45, 7) is 4.42. The molecule has 0 saturated heterocycles. The Morgan fingerprint density at radius 3 is 2.83 bits per heavy atom. The summed E-state index contributed by atoms with van der Waals surface area (Å²) >= 11 is 0. The number of carbonyl (C=O) groups excluding carboxylic acids is 1. The van der Waals surface area contributed by atoms with Crippen LogP contribution in [0.2, 0.25) is 0 Å². The number of rotatable bonds is 5. The molecule has 7 heteroatoms. The van der Waals surface area contributed by atoms with Crippen LogP contribution < -0.4 is 10.6 Å². The molecule has 0 atom stereocenters. The molecule has 0 spiro atoms. The van der Waals surface area contributed by atoms with E-state index in [0.717, 1.165) is 30.9 Å². The zero-order valence-electron chi connectivity index (χ0n) is 13.7. The first-order chi connectivity index (χ1) is 11.2. The zero-order valence-corrected chi connectivity index (χ0v) is 14.5. The summed E-state index contributed by atoms with van der Waals surface area (Å²) in [4.78, 5) is 12.1. The lowest BCUT2D eigenvalue weighted by atomic mass is 10.1. The van der Waals surface area contributed by atoms with Crippen molar-refractivity contribution >= 4 is 18.3 Å². The van der Waals surface area contributed by atoms with Crippen molar-refractivity contribution in [2.75, 3.05) is 19.6 Å². The summed E-state index contributed by atoms with van der Waals surface area (Å²) in [5.41, 5.74) is 3.84. The molecule has 128 valence electrons. The van der Waals surface area contributed by atoms with Gasteiger partial charge in [-0.05, 0) is 32.0 Å². The highest BCUT2D eigenvalue weighted by molar-refractivity contribution is 5.85. The Bertz CT molecular complexity index is 711. The number of hydrogen-bond acceptors (Lipinski definition) is 4. The second-order valence-corrected chi connectivity index (χ2v) is 5.64. The molecule has 24 heavy (non-hydrogen) atoms. The predicted molar refractivity (Wildman–Crippen MR) is 95.6 cm³/mol. The number of para-hydroxylation sites is 1. The molecule has 0 saturated carbocycles. The van der Waals surface area contributed by atoms with Gasteiger partial charge in [-0.3, -0.25) is 4.79 Å². The Kier molecular flexibility index (Phi) is 6.52. The first kappa shape index (κ1) is 18.2. The molecule has 1 aliphatic heterocycles. The Morgan fingerprint density at radius 2 is 2.12 bits per heavy atom. The molecule has 2 heterocycles. The molecule has 0 unspecified atom stereocenters. The minimum atomic E-state index is -0.0207. The van der Waals surface area contributed by atoms with Gasteiger partial charge in [0.15, 0.2) is 0 Å². The summed E-state index contributed by atoms with van der Waals surface area (Å²) in [5, 5.41) is 14.5. The number of aromatic nitrogens is 3. The maximum Gasteiger partial charge on any atom is 0.226 e. The van der Waals surface area contributed by atoms with Gasteiger partial charge in [-0.15, -0.1) is 17.5 Å². The lowest BCUT2D eigenvalue weighted by Gasteiger charge is -2.14. The second kappa shape index (κ2) is 8.61. The second-order valence-electron chi connectivity index (χ2n) is 5.64. The fourth-order valence-electron chi connectivity index (χ4n) is 2.59. The topological polar surface area (TPSA) is 71.8 Å². The summed E-state index contributed by atoms with van der Waals surface area (Å²) in [7, 11) is 0. The minimum absolute atomic E-state index is 0. The van der Waals surface area contributed by atoms with E-state index in [9.17, 15) is 4.79 Å². The first-order valence-corrected chi connectivity index (χ1v) is 7.86. The van der Waals surface area contributed by atoms with Crippen LogP contribution in [0.5, 0.6) is 0 Å². The van der Waals surface area contributed by atoms with Crippen molar-refractivity contribution < 1.29 is 4.79 Å². The number of halogens is 1. The predicted octanol–water partition coefficient (Wildman–Crippen LogP) is 1.58. The normalized spacial score (nSPS) is 13.8. The van der Waals surface area contributed by atoms with E-state index in [1.54, 1.807) is 4.68 Å². The van der Waals surface area contributed by atoms with Gasteiger partial charge in [0.05, 0.1) is 23.5 Å². The third-order valence-corrected chi connectivity index (χ3v) is 3.99. The van der Waals surface area contributed by atoms with Crippen LogP contribution in [0.25, 0.3) is 5.69 Å². The van der Waals surface area contributed by atoms with Gasteiger partial charge >= 0.3 is 0 Å². The molecule has 0 bridgehead atoms. The van der Waals surface area contributed by atoms with Crippen LogP contribution in [0.4, 0.5) is 0 Å². The van der Waals surface area contributed by atoms with Crippen LogP contribution in [0, 0.1) is 6.92 Å². The van der Waals surface area contributed by atoms with Crippen LogP contribution in [-0.4, -0.2) is 40.5 Å². The largest absolute Gasteiger partial charge is 0.352 e. The maximum absolute atomic E-state index is 12.1. The van der Waals surface area contributed by atoms with Crippen molar-refractivity contribution in [1.82, 2.24) is 25.6 Å². The van der Waals surface area contributed by atoms with Gasteiger partial charge < -0.3 is 10.6 Å². The van der Waals surface area contributed by atoms with Crippen molar-refractivity contribution in [2.45, 2.75) is 19.8 Å². The number of carbonyl (C=O) groups is 1. The first-order valence-electron chi connectivity index (χ1n) is 7.86. The fraction of sp³-hybridized carbons (Fsp3) is 0.353. The van der Waals surface area contributed by atoms with Crippen LogP contribution in [0.3, 0.4) is 0 Å². The number of amides is 1. The average molecular weight is 348 g/mol. The Balaban J connectivity index is 0.00000208. The van der Waals surface area contributed by atoms with Crippen LogP contribution >= 0.6 is 12.4 Å². The average Bonchev–Trinajstić information content (AvgIpc) is 2.95. The third-order valence-electron chi connectivity index (χ3n) is 3.99. The molecule has 1 aromatic heterocycles. The van der Waals surface area contributed by atoms with Gasteiger partial charge in [-0.25, -0.2) is 4.68 Å². The van der Waals surface area contributed by atoms with Crippen molar-refractivity contribution in [3.63, 3.8) is 0 Å².